The minimum Gasteiger partial charge on any atom is -0.236 e. The summed E-state index contributed by atoms with van der Waals surface area (Å²) in [6, 6.07) is 7.70. The molecule has 3 aromatic heterocycles. The highest BCUT2D eigenvalue weighted by Gasteiger charge is 2.04. The van der Waals surface area contributed by atoms with Crippen molar-refractivity contribution < 1.29 is 0 Å². The van der Waals surface area contributed by atoms with Crippen LogP contribution in [-0.2, 0) is 0 Å². The maximum Gasteiger partial charge on any atom is 0.171 e. The zero-order chi connectivity index (χ0) is 10.8. The van der Waals surface area contributed by atoms with Gasteiger partial charge in [-0.15, -0.1) is 11.3 Å². The SMILES string of the molecule is c1csc(-c2nccc(-n3cccn3)n2)c1. The molecule has 0 aliphatic heterocycles. The van der Waals surface area contributed by atoms with E-state index in [2.05, 4.69) is 15.1 Å². The largest absolute Gasteiger partial charge is 0.236 e. The number of hydrogen-bond acceptors (Lipinski definition) is 4. The van der Waals surface area contributed by atoms with Gasteiger partial charge in [-0.25, -0.2) is 14.6 Å². The second kappa shape index (κ2) is 3.86. The summed E-state index contributed by atoms with van der Waals surface area (Å²) in [7, 11) is 0. The first kappa shape index (κ1) is 9.23. The van der Waals surface area contributed by atoms with Crippen LogP contribution in [0, 0.1) is 0 Å². The third-order valence-corrected chi connectivity index (χ3v) is 2.99. The average Bonchev–Trinajstić information content (AvgIpc) is 3.03. The molecule has 16 heavy (non-hydrogen) atoms. The van der Waals surface area contributed by atoms with Gasteiger partial charge in [-0.1, -0.05) is 6.07 Å². The lowest BCUT2D eigenvalue weighted by Crippen LogP contribution is -1.99. The summed E-state index contributed by atoms with van der Waals surface area (Å²) in [4.78, 5) is 9.77. The van der Waals surface area contributed by atoms with Crippen molar-refractivity contribution in [2.24, 2.45) is 0 Å². The van der Waals surface area contributed by atoms with E-state index in [1.54, 1.807) is 28.4 Å². The molecule has 0 bridgehead atoms. The van der Waals surface area contributed by atoms with Crippen molar-refractivity contribution in [1.29, 1.82) is 0 Å². The Morgan fingerprint density at radius 3 is 2.88 bits per heavy atom. The summed E-state index contributed by atoms with van der Waals surface area (Å²) in [5.41, 5.74) is 0. The molecule has 0 fully saturated rings. The number of nitrogens with zero attached hydrogens (tertiary/aromatic N) is 4. The highest BCUT2D eigenvalue weighted by molar-refractivity contribution is 7.13. The number of hydrogen-bond donors (Lipinski definition) is 0. The lowest BCUT2D eigenvalue weighted by molar-refractivity contribution is 0.842. The Hall–Kier alpha value is -2.01. The Bertz CT molecular complexity index is 522. The van der Waals surface area contributed by atoms with Gasteiger partial charge in [-0.2, -0.15) is 5.10 Å². The molecule has 4 nitrogen and oxygen atoms in total. The van der Waals surface area contributed by atoms with Gasteiger partial charge in [0, 0.05) is 24.7 Å². The van der Waals surface area contributed by atoms with Gasteiger partial charge in [0.25, 0.3) is 0 Å². The molecule has 0 N–H and O–H groups in total. The molecular weight excluding hydrogens is 220 g/mol. The average molecular weight is 228 g/mol. The standard InChI is InChI=1S/C11H8N4S/c1-3-9(16-8-1)11-12-6-4-10(14-11)15-7-2-5-13-15/h1-8H. The van der Waals surface area contributed by atoms with Crippen molar-refractivity contribution in [3.63, 3.8) is 0 Å². The van der Waals surface area contributed by atoms with Crippen LogP contribution in [0.5, 0.6) is 0 Å². The molecule has 0 radical (unpaired) electrons. The van der Waals surface area contributed by atoms with Crippen LogP contribution < -0.4 is 0 Å². The van der Waals surface area contributed by atoms with Gasteiger partial charge in [0.15, 0.2) is 11.6 Å². The van der Waals surface area contributed by atoms with Crippen LogP contribution in [0.25, 0.3) is 16.5 Å². The Labute approximate surface area is 96.2 Å². The normalized spacial score (nSPS) is 10.5. The summed E-state index contributed by atoms with van der Waals surface area (Å²) in [6.07, 6.45) is 5.34. The third-order valence-electron chi connectivity index (χ3n) is 2.12. The highest BCUT2D eigenvalue weighted by Crippen LogP contribution is 2.20. The second-order valence-electron chi connectivity index (χ2n) is 3.17. The third kappa shape index (κ3) is 1.61. The predicted molar refractivity (Wildman–Crippen MR) is 62.5 cm³/mol. The molecule has 0 unspecified atom stereocenters. The van der Waals surface area contributed by atoms with Crippen LogP contribution in [0.1, 0.15) is 0 Å². The summed E-state index contributed by atoms with van der Waals surface area (Å²) in [5.74, 6) is 1.52. The molecule has 3 aromatic rings. The van der Waals surface area contributed by atoms with Gasteiger partial charge in [0.05, 0.1) is 4.88 Å². The zero-order valence-electron chi connectivity index (χ0n) is 8.32. The molecule has 0 aliphatic rings. The Kier molecular flexibility index (Phi) is 2.23. The van der Waals surface area contributed by atoms with E-state index in [0.717, 1.165) is 16.5 Å². The molecule has 78 valence electrons. The summed E-state index contributed by atoms with van der Waals surface area (Å²) in [6.45, 7) is 0. The summed E-state index contributed by atoms with van der Waals surface area (Å²) in [5, 5.41) is 6.15. The van der Waals surface area contributed by atoms with Crippen molar-refractivity contribution in [3.8, 4) is 16.5 Å². The van der Waals surface area contributed by atoms with Crippen molar-refractivity contribution in [3.05, 3.63) is 48.2 Å². The van der Waals surface area contributed by atoms with Crippen molar-refractivity contribution in [2.45, 2.75) is 0 Å². The lowest BCUT2D eigenvalue weighted by atomic mass is 10.4. The van der Waals surface area contributed by atoms with Crippen LogP contribution in [0.4, 0.5) is 0 Å². The van der Waals surface area contributed by atoms with Crippen LogP contribution >= 0.6 is 11.3 Å². The molecule has 0 atom stereocenters. The molecule has 5 heteroatoms. The van der Waals surface area contributed by atoms with Crippen LogP contribution in [0.15, 0.2) is 48.2 Å². The van der Waals surface area contributed by atoms with Gasteiger partial charge in [0.1, 0.15) is 0 Å². The van der Waals surface area contributed by atoms with Crippen molar-refractivity contribution in [2.75, 3.05) is 0 Å². The maximum absolute atomic E-state index is 4.46. The van der Waals surface area contributed by atoms with E-state index in [9.17, 15) is 0 Å². The number of rotatable bonds is 2. The first-order chi connectivity index (χ1) is 7.93. The molecule has 0 spiro atoms. The van der Waals surface area contributed by atoms with Crippen LogP contribution in [-0.4, -0.2) is 19.7 Å². The fourth-order valence-corrected chi connectivity index (χ4v) is 2.07. The lowest BCUT2D eigenvalue weighted by Gasteiger charge is -2.01. The van der Waals surface area contributed by atoms with E-state index in [1.165, 1.54) is 0 Å². The monoisotopic (exact) mass is 228 g/mol. The van der Waals surface area contributed by atoms with Gasteiger partial charge in [-0.05, 0) is 17.5 Å². The molecular formula is C11H8N4S. The van der Waals surface area contributed by atoms with Crippen molar-refractivity contribution in [1.82, 2.24) is 19.7 Å². The van der Waals surface area contributed by atoms with Crippen LogP contribution in [0.3, 0.4) is 0 Å². The number of aromatic nitrogens is 4. The quantitative estimate of drug-likeness (QED) is 0.676. The van der Waals surface area contributed by atoms with E-state index in [0.29, 0.717) is 0 Å². The Morgan fingerprint density at radius 2 is 2.12 bits per heavy atom. The topological polar surface area (TPSA) is 43.6 Å². The van der Waals surface area contributed by atoms with E-state index in [1.807, 2.05) is 35.8 Å². The highest BCUT2D eigenvalue weighted by atomic mass is 32.1. The minimum atomic E-state index is 0.739. The molecule has 3 rings (SSSR count). The maximum atomic E-state index is 4.46. The van der Waals surface area contributed by atoms with E-state index >= 15 is 0 Å². The first-order valence-electron chi connectivity index (χ1n) is 4.80. The molecule has 0 saturated carbocycles. The van der Waals surface area contributed by atoms with Gasteiger partial charge in [0.2, 0.25) is 0 Å². The smallest absolute Gasteiger partial charge is 0.171 e. The predicted octanol–water partition coefficient (Wildman–Crippen LogP) is 2.39. The van der Waals surface area contributed by atoms with E-state index in [-0.39, 0.29) is 0 Å². The van der Waals surface area contributed by atoms with E-state index < -0.39 is 0 Å². The molecule has 3 heterocycles. The number of thiophene rings is 1. The zero-order valence-corrected chi connectivity index (χ0v) is 9.13. The minimum absolute atomic E-state index is 0.739. The summed E-state index contributed by atoms with van der Waals surface area (Å²) >= 11 is 1.63. The van der Waals surface area contributed by atoms with Gasteiger partial charge >= 0.3 is 0 Å². The fraction of sp³-hybridized carbons (Fsp3) is 0. The van der Waals surface area contributed by atoms with Gasteiger partial charge < -0.3 is 0 Å². The van der Waals surface area contributed by atoms with Crippen molar-refractivity contribution >= 4 is 11.3 Å². The molecule has 0 aromatic carbocycles. The molecule has 0 aliphatic carbocycles. The fourth-order valence-electron chi connectivity index (χ4n) is 1.41. The first-order valence-corrected chi connectivity index (χ1v) is 5.68. The van der Waals surface area contributed by atoms with Gasteiger partial charge in [-0.3, -0.25) is 0 Å². The molecule has 0 saturated heterocycles. The van der Waals surface area contributed by atoms with Crippen LogP contribution in [0.2, 0.25) is 0 Å². The Balaban J connectivity index is 2.07. The second-order valence-corrected chi connectivity index (χ2v) is 4.11. The Morgan fingerprint density at radius 1 is 1.12 bits per heavy atom. The molecule has 0 amide bonds. The van der Waals surface area contributed by atoms with E-state index in [4.69, 9.17) is 0 Å². The summed E-state index contributed by atoms with van der Waals surface area (Å²) < 4.78 is 1.72.